The van der Waals surface area contributed by atoms with Crippen molar-refractivity contribution in [3.8, 4) is 55.9 Å². The van der Waals surface area contributed by atoms with Gasteiger partial charge in [0.2, 0.25) is 0 Å². The van der Waals surface area contributed by atoms with Crippen LogP contribution in [0.5, 0.6) is 0 Å². The molecule has 1 aliphatic heterocycles. The van der Waals surface area contributed by atoms with Gasteiger partial charge in [0.05, 0.1) is 27.8 Å². The summed E-state index contributed by atoms with van der Waals surface area (Å²) in [5.74, 6) is 0.888. The van der Waals surface area contributed by atoms with Crippen LogP contribution in [-0.2, 0) is 0 Å². The zero-order chi connectivity index (χ0) is 46.8. The van der Waals surface area contributed by atoms with Crippen molar-refractivity contribution in [1.29, 1.82) is 0 Å². The maximum atomic E-state index is 5.18. The van der Waals surface area contributed by atoms with Crippen LogP contribution in [0.1, 0.15) is 11.7 Å². The van der Waals surface area contributed by atoms with Crippen molar-refractivity contribution in [1.82, 2.24) is 14.1 Å². The molecule has 1 atom stereocenters. The van der Waals surface area contributed by atoms with Crippen LogP contribution >= 0.6 is 0 Å². The first-order chi connectivity index (χ1) is 35.2. The van der Waals surface area contributed by atoms with E-state index >= 15 is 0 Å². The van der Waals surface area contributed by atoms with E-state index in [9.17, 15) is 0 Å². The fourth-order valence-electron chi connectivity index (χ4n) is 11.2. The van der Waals surface area contributed by atoms with Crippen LogP contribution in [0.3, 0.4) is 0 Å². The molecule has 14 rings (SSSR count). The van der Waals surface area contributed by atoms with Gasteiger partial charge < -0.3 is 14.5 Å². The van der Waals surface area contributed by atoms with Gasteiger partial charge in [-0.25, -0.2) is 4.98 Å². The maximum Gasteiger partial charge on any atom is 0.159 e. The average molecular weight is 908 g/mol. The number of fused-ring (bicyclic) bond motifs is 7. The summed E-state index contributed by atoms with van der Waals surface area (Å²) in [5.41, 5.74) is 19.4. The lowest BCUT2D eigenvalue weighted by molar-refractivity contribution is 0.821. The molecular weight excluding hydrogens is 863 g/mol. The summed E-state index contributed by atoms with van der Waals surface area (Å²) < 4.78 is 4.77. The minimum Gasteiger partial charge on any atom is -0.358 e. The third-order valence-corrected chi connectivity index (χ3v) is 14.3. The summed E-state index contributed by atoms with van der Waals surface area (Å²) in [5, 5.41) is 8.99. The lowest BCUT2D eigenvalue weighted by Crippen LogP contribution is -2.24. The molecule has 1 N–H and O–H groups in total. The Labute approximate surface area is 411 Å². The molecule has 5 nitrogen and oxygen atoms in total. The topological polar surface area (TPSA) is 38.0 Å². The minimum atomic E-state index is -0.295. The Hall–Kier alpha value is -9.45. The van der Waals surface area contributed by atoms with E-state index in [1.54, 1.807) is 0 Å². The molecule has 0 spiro atoms. The predicted octanol–water partition coefficient (Wildman–Crippen LogP) is 17.2. The van der Waals surface area contributed by atoms with Crippen LogP contribution in [0, 0.1) is 0 Å². The normalized spacial score (nSPS) is 13.3. The summed E-state index contributed by atoms with van der Waals surface area (Å²) in [7, 11) is 0. The highest BCUT2D eigenvalue weighted by Gasteiger charge is 2.35. The number of aromatic nitrogens is 3. The molecule has 10 aromatic carbocycles. The Balaban J connectivity index is 0.988. The molecular formula is C66H45N5. The third-order valence-electron chi connectivity index (χ3n) is 14.3. The number of para-hydroxylation sites is 5. The summed E-state index contributed by atoms with van der Waals surface area (Å²) in [6.07, 6.45) is 1.66. The van der Waals surface area contributed by atoms with E-state index in [-0.39, 0.29) is 6.17 Å². The number of rotatable bonds is 8. The van der Waals surface area contributed by atoms with Crippen molar-refractivity contribution in [2.45, 2.75) is 6.17 Å². The summed E-state index contributed by atoms with van der Waals surface area (Å²) in [6, 6.07) is 92.3. The van der Waals surface area contributed by atoms with Gasteiger partial charge in [-0.15, -0.1) is 0 Å². The number of nitrogens with zero attached hydrogens (tertiary/aromatic N) is 4. The second-order valence-corrected chi connectivity index (χ2v) is 18.4. The number of nitrogens with one attached hydrogen (secondary N) is 1. The molecule has 0 radical (unpaired) electrons. The molecule has 1 unspecified atom stereocenters. The number of hydrogen-bond donors (Lipinski definition) is 1. The van der Waals surface area contributed by atoms with E-state index in [4.69, 9.17) is 4.98 Å². The highest BCUT2D eigenvalue weighted by Crippen LogP contribution is 2.51. The van der Waals surface area contributed by atoms with Crippen molar-refractivity contribution >= 4 is 60.8 Å². The van der Waals surface area contributed by atoms with E-state index in [0.717, 1.165) is 67.5 Å². The molecule has 4 heterocycles. The second kappa shape index (κ2) is 16.7. The van der Waals surface area contributed by atoms with Crippen molar-refractivity contribution in [2.75, 3.05) is 10.2 Å². The lowest BCUT2D eigenvalue weighted by Gasteiger charge is -2.27. The number of anilines is 3. The van der Waals surface area contributed by atoms with Gasteiger partial charge in [0.1, 0.15) is 6.17 Å². The monoisotopic (exact) mass is 907 g/mol. The minimum absolute atomic E-state index is 0.295. The van der Waals surface area contributed by atoms with E-state index < -0.39 is 0 Å². The molecule has 0 fully saturated rings. The highest BCUT2D eigenvalue weighted by atomic mass is 15.4. The van der Waals surface area contributed by atoms with Gasteiger partial charge in [-0.1, -0.05) is 158 Å². The SMILES string of the molecule is c1ccc(-c2ccccc2-c2ccnc3c2NC(c2cc(-c4ccc5c(c4)c4ccccc4n5-c4ccccc4)cc(-c4ccc5c(c4)c4ccccc4n5-c4ccccc4)c2)N3c2ccccc2)cc1. The van der Waals surface area contributed by atoms with Crippen LogP contribution in [0.2, 0.25) is 0 Å². The lowest BCUT2D eigenvalue weighted by atomic mass is 9.93. The summed E-state index contributed by atoms with van der Waals surface area (Å²) in [6.45, 7) is 0. The van der Waals surface area contributed by atoms with Gasteiger partial charge in [0.25, 0.3) is 0 Å². The van der Waals surface area contributed by atoms with E-state index in [1.807, 2.05) is 6.20 Å². The fourth-order valence-corrected chi connectivity index (χ4v) is 11.2. The Morgan fingerprint density at radius 2 is 0.789 bits per heavy atom. The van der Waals surface area contributed by atoms with E-state index in [0.29, 0.717) is 0 Å². The van der Waals surface area contributed by atoms with Crippen LogP contribution in [0.15, 0.2) is 261 Å². The molecule has 71 heavy (non-hydrogen) atoms. The smallest absolute Gasteiger partial charge is 0.159 e. The Morgan fingerprint density at radius 1 is 0.324 bits per heavy atom. The summed E-state index contributed by atoms with van der Waals surface area (Å²) >= 11 is 0. The molecule has 0 saturated carbocycles. The van der Waals surface area contributed by atoms with Gasteiger partial charge in [0, 0.05) is 50.4 Å². The van der Waals surface area contributed by atoms with Gasteiger partial charge in [0.15, 0.2) is 5.82 Å². The van der Waals surface area contributed by atoms with Crippen LogP contribution in [-0.4, -0.2) is 14.1 Å². The zero-order valence-electron chi connectivity index (χ0n) is 38.7. The number of hydrogen-bond acceptors (Lipinski definition) is 3. The quantitative estimate of drug-likeness (QED) is 0.165. The van der Waals surface area contributed by atoms with Crippen molar-refractivity contribution in [3.63, 3.8) is 0 Å². The standard InChI is InChI=1S/C66H45N5/c1-5-19-44(20-6-1)53-27-13-14-28-54(53)57-37-38-67-66-64(57)68-65(71(66)52-25-11-4-12-26-52)49-40-47(45-33-35-62-58(42-45)55-29-15-17-31-60(55)69(62)50-21-7-2-8-22-50)39-48(41-49)46-34-36-63-59(43-46)56-30-16-18-32-61(56)70(63)51-23-9-3-10-24-51/h1-43,65,68H. The zero-order valence-corrected chi connectivity index (χ0v) is 38.7. The van der Waals surface area contributed by atoms with Crippen molar-refractivity contribution < 1.29 is 0 Å². The number of benzene rings is 10. The largest absolute Gasteiger partial charge is 0.358 e. The molecule has 5 heteroatoms. The Bertz CT molecular complexity index is 3960. The molecule has 334 valence electrons. The Morgan fingerprint density at radius 3 is 1.35 bits per heavy atom. The van der Waals surface area contributed by atoms with Crippen LogP contribution in [0.4, 0.5) is 17.2 Å². The maximum absolute atomic E-state index is 5.18. The third kappa shape index (κ3) is 6.74. The van der Waals surface area contributed by atoms with Gasteiger partial charge >= 0.3 is 0 Å². The molecule has 0 aliphatic carbocycles. The van der Waals surface area contributed by atoms with Crippen LogP contribution in [0.25, 0.3) is 99.5 Å². The predicted molar refractivity (Wildman–Crippen MR) is 296 cm³/mol. The van der Waals surface area contributed by atoms with Gasteiger partial charge in [-0.2, -0.15) is 0 Å². The van der Waals surface area contributed by atoms with Gasteiger partial charge in [-0.3, -0.25) is 4.90 Å². The fraction of sp³-hybridized carbons (Fsp3) is 0.0152. The first-order valence-electron chi connectivity index (χ1n) is 24.3. The van der Waals surface area contributed by atoms with Gasteiger partial charge in [-0.05, 0) is 142 Å². The molecule has 0 bridgehead atoms. The number of pyridine rings is 1. The van der Waals surface area contributed by atoms with Crippen molar-refractivity contribution in [3.05, 3.63) is 267 Å². The molecule has 13 aromatic rings. The molecule has 0 saturated heterocycles. The summed E-state index contributed by atoms with van der Waals surface area (Å²) in [4.78, 5) is 7.56. The molecule has 0 amide bonds. The van der Waals surface area contributed by atoms with E-state index in [2.05, 4.69) is 274 Å². The molecule has 3 aromatic heterocycles. The molecule has 1 aliphatic rings. The highest BCUT2D eigenvalue weighted by molar-refractivity contribution is 6.12. The van der Waals surface area contributed by atoms with Crippen molar-refractivity contribution in [2.24, 2.45) is 0 Å². The Kier molecular flexibility index (Phi) is 9.52. The first-order valence-corrected chi connectivity index (χ1v) is 24.3. The average Bonchev–Trinajstić information content (AvgIpc) is 4.12. The first kappa shape index (κ1) is 40.6. The van der Waals surface area contributed by atoms with Crippen LogP contribution < -0.4 is 10.2 Å². The second-order valence-electron chi connectivity index (χ2n) is 18.4. The van der Waals surface area contributed by atoms with E-state index in [1.165, 1.54) is 54.7 Å².